The fraction of sp³-hybridized carbons (Fsp3) is 0.0588. The maximum Gasteiger partial charge on any atom is 0.292 e. The van der Waals surface area contributed by atoms with Gasteiger partial charge in [0.1, 0.15) is 5.02 Å². The van der Waals surface area contributed by atoms with Crippen LogP contribution < -0.4 is 10.9 Å². The van der Waals surface area contributed by atoms with E-state index in [4.69, 9.17) is 11.6 Å². The van der Waals surface area contributed by atoms with Crippen LogP contribution >= 0.6 is 27.5 Å². The van der Waals surface area contributed by atoms with Crippen LogP contribution in [0.1, 0.15) is 5.56 Å². The third kappa shape index (κ3) is 3.92. The Morgan fingerprint density at radius 3 is 2.62 bits per heavy atom. The molecule has 1 aromatic heterocycles. The average Bonchev–Trinajstić information content (AvgIpc) is 2.63. The van der Waals surface area contributed by atoms with E-state index in [1.165, 1.54) is 30.5 Å². The molecule has 0 amide bonds. The van der Waals surface area contributed by atoms with Gasteiger partial charge in [-0.1, -0.05) is 39.7 Å². The van der Waals surface area contributed by atoms with Gasteiger partial charge in [-0.3, -0.25) is 14.9 Å². The molecule has 1 heterocycles. The smallest absolute Gasteiger partial charge is 0.292 e. The highest BCUT2D eigenvalue weighted by atomic mass is 79.9. The van der Waals surface area contributed by atoms with Crippen LogP contribution in [0, 0.1) is 10.1 Å². The quantitative estimate of drug-likeness (QED) is 0.480. The molecule has 3 aromatic rings. The highest BCUT2D eigenvalue weighted by molar-refractivity contribution is 9.10. The van der Waals surface area contributed by atoms with Crippen molar-refractivity contribution in [3.05, 3.63) is 90.3 Å². The Hall–Kier alpha value is -2.71. The average molecular weight is 436 g/mol. The van der Waals surface area contributed by atoms with Crippen molar-refractivity contribution in [2.45, 2.75) is 6.54 Å². The standard InChI is InChI=1S/C17H12BrClN4O3/c18-12-3-1-2-11(8-12)9-20-15-10-21-22(17(24)16(15)19)13-4-6-14(7-5-13)23(25)26/h1-8,10,20H,9H2. The topological polar surface area (TPSA) is 90.1 Å². The fourth-order valence-corrected chi connectivity index (χ4v) is 2.94. The Bertz CT molecular complexity index is 1020. The molecule has 0 radical (unpaired) electrons. The summed E-state index contributed by atoms with van der Waals surface area (Å²) in [4.78, 5) is 22.7. The number of hydrogen-bond acceptors (Lipinski definition) is 5. The van der Waals surface area contributed by atoms with Crippen molar-refractivity contribution in [2.24, 2.45) is 0 Å². The van der Waals surface area contributed by atoms with E-state index in [0.717, 1.165) is 14.7 Å². The molecule has 0 unspecified atom stereocenters. The van der Waals surface area contributed by atoms with Gasteiger partial charge in [0.25, 0.3) is 11.2 Å². The van der Waals surface area contributed by atoms with Crippen LogP contribution in [0.2, 0.25) is 5.02 Å². The summed E-state index contributed by atoms with van der Waals surface area (Å²) in [6, 6.07) is 13.2. The predicted octanol–water partition coefficient (Wildman–Crippen LogP) is 4.17. The van der Waals surface area contributed by atoms with E-state index in [-0.39, 0.29) is 10.7 Å². The van der Waals surface area contributed by atoms with Crippen molar-refractivity contribution >= 4 is 38.9 Å². The molecule has 0 bridgehead atoms. The Morgan fingerprint density at radius 2 is 1.96 bits per heavy atom. The first kappa shape index (κ1) is 18.1. The molecule has 0 aliphatic carbocycles. The van der Waals surface area contributed by atoms with E-state index in [2.05, 4.69) is 26.3 Å². The minimum atomic E-state index is -0.514. The van der Waals surface area contributed by atoms with Gasteiger partial charge in [0, 0.05) is 23.2 Å². The van der Waals surface area contributed by atoms with Crippen molar-refractivity contribution in [3.8, 4) is 5.69 Å². The van der Waals surface area contributed by atoms with E-state index in [1.807, 2.05) is 24.3 Å². The van der Waals surface area contributed by atoms with Crippen LogP contribution in [0.5, 0.6) is 0 Å². The molecule has 2 aromatic carbocycles. The molecule has 26 heavy (non-hydrogen) atoms. The van der Waals surface area contributed by atoms with Crippen LogP contribution in [-0.2, 0) is 6.54 Å². The predicted molar refractivity (Wildman–Crippen MR) is 103 cm³/mol. The number of aromatic nitrogens is 2. The molecule has 0 atom stereocenters. The number of nitrogens with one attached hydrogen (secondary N) is 1. The summed E-state index contributed by atoms with van der Waals surface area (Å²) >= 11 is 9.58. The van der Waals surface area contributed by atoms with Crippen molar-refractivity contribution in [1.82, 2.24) is 9.78 Å². The zero-order valence-corrected chi connectivity index (χ0v) is 15.6. The Kier molecular flexibility index (Phi) is 5.34. The van der Waals surface area contributed by atoms with Crippen LogP contribution in [0.15, 0.2) is 64.0 Å². The summed E-state index contributed by atoms with van der Waals surface area (Å²) in [6.07, 6.45) is 1.45. The summed E-state index contributed by atoms with van der Waals surface area (Å²) in [6.45, 7) is 0.474. The molecule has 0 saturated heterocycles. The third-order valence-corrected chi connectivity index (χ3v) is 4.45. The first-order chi connectivity index (χ1) is 12.5. The van der Waals surface area contributed by atoms with Crippen molar-refractivity contribution in [3.63, 3.8) is 0 Å². The van der Waals surface area contributed by atoms with Gasteiger partial charge in [-0.2, -0.15) is 9.78 Å². The lowest BCUT2D eigenvalue weighted by Gasteiger charge is -2.10. The van der Waals surface area contributed by atoms with E-state index in [0.29, 0.717) is 17.9 Å². The lowest BCUT2D eigenvalue weighted by molar-refractivity contribution is -0.384. The molecule has 0 spiro atoms. The minimum Gasteiger partial charge on any atom is -0.378 e. The summed E-state index contributed by atoms with van der Waals surface area (Å²) in [5.41, 5.74) is 1.23. The second kappa shape index (κ2) is 7.67. The van der Waals surface area contributed by atoms with Crippen LogP contribution in [-0.4, -0.2) is 14.7 Å². The van der Waals surface area contributed by atoms with Crippen molar-refractivity contribution in [1.29, 1.82) is 0 Å². The number of benzene rings is 2. The third-order valence-electron chi connectivity index (χ3n) is 3.60. The van der Waals surface area contributed by atoms with Crippen molar-refractivity contribution in [2.75, 3.05) is 5.32 Å². The van der Waals surface area contributed by atoms with Gasteiger partial charge in [0.05, 0.1) is 22.5 Å². The first-order valence-corrected chi connectivity index (χ1v) is 8.64. The number of hydrogen-bond donors (Lipinski definition) is 1. The SMILES string of the molecule is O=c1c(Cl)c(NCc2cccc(Br)c2)cnn1-c1ccc([N+](=O)[O-])cc1. The Balaban J connectivity index is 1.84. The van der Waals surface area contributed by atoms with Crippen molar-refractivity contribution < 1.29 is 4.92 Å². The monoisotopic (exact) mass is 434 g/mol. The molecule has 9 heteroatoms. The van der Waals surface area contributed by atoms with Gasteiger partial charge in [-0.15, -0.1) is 0 Å². The van der Waals surface area contributed by atoms with Gasteiger partial charge < -0.3 is 5.32 Å². The summed E-state index contributed by atoms with van der Waals surface area (Å²) in [5.74, 6) is 0. The number of anilines is 1. The number of nitro groups is 1. The summed E-state index contributed by atoms with van der Waals surface area (Å²) in [7, 11) is 0. The maximum atomic E-state index is 12.5. The molecule has 3 rings (SSSR count). The van der Waals surface area contributed by atoms with Crippen LogP contribution in [0.25, 0.3) is 5.69 Å². The molecule has 0 fully saturated rings. The molecule has 0 saturated carbocycles. The molecule has 1 N–H and O–H groups in total. The van der Waals surface area contributed by atoms with Gasteiger partial charge in [0.15, 0.2) is 0 Å². The molecule has 0 aliphatic heterocycles. The highest BCUT2D eigenvalue weighted by Gasteiger charge is 2.12. The lowest BCUT2D eigenvalue weighted by atomic mass is 10.2. The van der Waals surface area contributed by atoms with E-state index in [9.17, 15) is 14.9 Å². The second-order valence-electron chi connectivity index (χ2n) is 5.35. The summed E-state index contributed by atoms with van der Waals surface area (Å²) < 4.78 is 2.05. The van der Waals surface area contributed by atoms with E-state index >= 15 is 0 Å². The second-order valence-corrected chi connectivity index (χ2v) is 6.64. The largest absolute Gasteiger partial charge is 0.378 e. The Labute approximate surface area is 161 Å². The number of non-ortho nitro benzene ring substituents is 1. The molecule has 0 aliphatic rings. The van der Waals surface area contributed by atoms with Crippen LogP contribution in [0.3, 0.4) is 0 Å². The van der Waals surface area contributed by atoms with E-state index < -0.39 is 10.5 Å². The fourth-order valence-electron chi connectivity index (χ4n) is 2.30. The molecule has 7 nitrogen and oxygen atoms in total. The number of nitro benzene ring substituents is 1. The highest BCUT2D eigenvalue weighted by Crippen LogP contribution is 2.20. The minimum absolute atomic E-state index is 0.00616. The number of halogens is 2. The molecule has 132 valence electrons. The number of nitrogens with zero attached hydrogens (tertiary/aromatic N) is 3. The molecular weight excluding hydrogens is 424 g/mol. The van der Waals surface area contributed by atoms with E-state index in [1.54, 1.807) is 0 Å². The molecular formula is C17H12BrClN4O3. The van der Waals surface area contributed by atoms with Gasteiger partial charge in [-0.05, 0) is 29.8 Å². The van der Waals surface area contributed by atoms with Gasteiger partial charge >= 0.3 is 0 Å². The van der Waals surface area contributed by atoms with Crippen LogP contribution in [0.4, 0.5) is 11.4 Å². The number of rotatable bonds is 5. The lowest BCUT2D eigenvalue weighted by Crippen LogP contribution is -2.22. The first-order valence-electron chi connectivity index (χ1n) is 7.46. The normalized spacial score (nSPS) is 10.5. The Morgan fingerprint density at radius 1 is 1.23 bits per heavy atom. The maximum absolute atomic E-state index is 12.5. The zero-order valence-electron chi connectivity index (χ0n) is 13.2. The summed E-state index contributed by atoms with van der Waals surface area (Å²) in [5, 5.41) is 17.9. The van der Waals surface area contributed by atoms with Gasteiger partial charge in [-0.25, -0.2) is 0 Å². The van der Waals surface area contributed by atoms with Gasteiger partial charge in [0.2, 0.25) is 0 Å². The zero-order chi connectivity index (χ0) is 18.7.